The van der Waals surface area contributed by atoms with E-state index in [1.807, 2.05) is 0 Å². The monoisotopic (exact) mass is 401 g/mol. The summed E-state index contributed by atoms with van der Waals surface area (Å²) in [5, 5.41) is 11.4. The molecule has 0 aliphatic carbocycles. The molecule has 0 bridgehead atoms. The smallest absolute Gasteiger partial charge is 0.481 e. The van der Waals surface area contributed by atoms with Crippen LogP contribution in [0.1, 0.15) is 51.0 Å². The van der Waals surface area contributed by atoms with E-state index in [4.69, 9.17) is 14.2 Å². The zero-order valence-electron chi connectivity index (χ0n) is 15.6. The highest BCUT2D eigenvalue weighted by molar-refractivity contribution is 7.47. The minimum Gasteiger partial charge on any atom is -0.481 e. The number of rotatable bonds is 14. The number of benzene rings is 1. The van der Waals surface area contributed by atoms with Crippen LogP contribution in [0.4, 0.5) is 0 Å². The standard InChI is InChI=1S/C18H28NO7P/c1-2-3-4-5-6-10-17(20)19-11-12-25-27(23,24)26-16-9-7-8-15(13-16)14-18(21)22/h7-9,13H,2-6,10-12,14H2,1H3,(H,19,20)(H,21,22)(H,23,24). The molecule has 1 amide bonds. The van der Waals surface area contributed by atoms with Crippen LogP contribution in [0, 0.1) is 0 Å². The molecular formula is C18H28NO7P. The fourth-order valence-electron chi connectivity index (χ4n) is 2.38. The Morgan fingerprint density at radius 1 is 1.19 bits per heavy atom. The Morgan fingerprint density at radius 2 is 1.93 bits per heavy atom. The molecule has 1 atom stereocenters. The first-order valence-electron chi connectivity index (χ1n) is 9.07. The van der Waals surface area contributed by atoms with E-state index < -0.39 is 13.8 Å². The van der Waals surface area contributed by atoms with Crippen LogP contribution in [0.5, 0.6) is 5.75 Å². The summed E-state index contributed by atoms with van der Waals surface area (Å²) in [6.07, 6.45) is 5.47. The van der Waals surface area contributed by atoms with Crippen LogP contribution < -0.4 is 9.84 Å². The number of phosphoric ester groups is 1. The molecule has 0 saturated heterocycles. The van der Waals surface area contributed by atoms with Crippen LogP contribution in [-0.4, -0.2) is 35.0 Å². The summed E-state index contributed by atoms with van der Waals surface area (Å²) < 4.78 is 21.7. The summed E-state index contributed by atoms with van der Waals surface area (Å²) in [5.41, 5.74) is 0.436. The number of carboxylic acid groups (broad SMARTS) is 1. The van der Waals surface area contributed by atoms with Gasteiger partial charge in [0.15, 0.2) is 0 Å². The molecule has 152 valence electrons. The van der Waals surface area contributed by atoms with Crippen molar-refractivity contribution in [1.29, 1.82) is 0 Å². The maximum atomic E-state index is 11.9. The second-order valence-electron chi connectivity index (χ2n) is 6.13. The van der Waals surface area contributed by atoms with Crippen molar-refractivity contribution in [3.63, 3.8) is 0 Å². The van der Waals surface area contributed by atoms with Crippen molar-refractivity contribution in [3.8, 4) is 5.75 Å². The van der Waals surface area contributed by atoms with Gasteiger partial charge in [0.1, 0.15) is 5.75 Å². The molecule has 0 aliphatic heterocycles. The van der Waals surface area contributed by atoms with Gasteiger partial charge in [-0.25, -0.2) is 4.57 Å². The Hall–Kier alpha value is -1.89. The Balaban J connectivity index is 2.28. The van der Waals surface area contributed by atoms with Crippen molar-refractivity contribution >= 4 is 19.7 Å². The predicted molar refractivity (Wildman–Crippen MR) is 101 cm³/mol. The molecule has 0 aromatic heterocycles. The third-order valence-electron chi connectivity index (χ3n) is 3.66. The molecule has 0 radical (unpaired) electrons. The second-order valence-corrected chi connectivity index (χ2v) is 7.50. The number of phosphoric acid groups is 1. The minimum atomic E-state index is -4.36. The lowest BCUT2D eigenvalue weighted by atomic mass is 10.1. The van der Waals surface area contributed by atoms with Crippen LogP contribution in [0.3, 0.4) is 0 Å². The summed E-state index contributed by atoms with van der Waals surface area (Å²) in [5.74, 6) is -1.10. The van der Waals surface area contributed by atoms with E-state index in [1.165, 1.54) is 24.6 Å². The fraction of sp³-hybridized carbons (Fsp3) is 0.556. The van der Waals surface area contributed by atoms with Gasteiger partial charge in [0.05, 0.1) is 13.0 Å². The highest BCUT2D eigenvalue weighted by Crippen LogP contribution is 2.43. The van der Waals surface area contributed by atoms with E-state index in [-0.39, 0.29) is 31.2 Å². The zero-order valence-corrected chi connectivity index (χ0v) is 16.5. The second kappa shape index (κ2) is 12.5. The molecular weight excluding hydrogens is 373 g/mol. The van der Waals surface area contributed by atoms with Crippen molar-refractivity contribution in [3.05, 3.63) is 29.8 Å². The number of carbonyl (C=O) groups is 2. The number of carboxylic acids is 1. The van der Waals surface area contributed by atoms with Crippen molar-refractivity contribution in [2.45, 2.75) is 51.9 Å². The maximum absolute atomic E-state index is 11.9. The highest BCUT2D eigenvalue weighted by Gasteiger charge is 2.23. The average molecular weight is 401 g/mol. The number of amides is 1. The summed E-state index contributed by atoms with van der Waals surface area (Å²) >= 11 is 0. The van der Waals surface area contributed by atoms with Crippen LogP contribution in [0.2, 0.25) is 0 Å². The Labute approximate surface area is 159 Å². The molecule has 3 N–H and O–H groups in total. The number of hydrogen-bond acceptors (Lipinski definition) is 5. The molecule has 1 unspecified atom stereocenters. The quantitative estimate of drug-likeness (QED) is 0.323. The fourth-order valence-corrected chi connectivity index (χ4v) is 3.13. The Morgan fingerprint density at radius 3 is 2.63 bits per heavy atom. The number of unbranched alkanes of at least 4 members (excludes halogenated alkanes) is 4. The number of carbonyl (C=O) groups excluding carboxylic acids is 1. The SMILES string of the molecule is CCCCCCCC(=O)NCCOP(=O)(O)Oc1cccc(CC(=O)O)c1. The number of nitrogens with one attached hydrogen (secondary N) is 1. The van der Waals surface area contributed by atoms with Crippen LogP contribution in [0.25, 0.3) is 0 Å². The van der Waals surface area contributed by atoms with Crippen molar-refractivity contribution in [2.24, 2.45) is 0 Å². The minimum absolute atomic E-state index is 0.0377. The predicted octanol–water partition coefficient (Wildman–Crippen LogP) is 3.29. The van der Waals surface area contributed by atoms with Crippen molar-refractivity contribution in [2.75, 3.05) is 13.2 Å². The summed E-state index contributed by atoms with van der Waals surface area (Å²) in [6, 6.07) is 5.88. The molecule has 1 aromatic carbocycles. The summed E-state index contributed by atoms with van der Waals surface area (Å²) in [7, 11) is -4.36. The Bertz CT molecular complexity index is 650. The van der Waals surface area contributed by atoms with Crippen LogP contribution >= 0.6 is 7.82 Å². The largest absolute Gasteiger partial charge is 0.527 e. The van der Waals surface area contributed by atoms with Gasteiger partial charge < -0.3 is 14.9 Å². The molecule has 0 heterocycles. The van der Waals surface area contributed by atoms with Gasteiger partial charge in [0.2, 0.25) is 5.91 Å². The van der Waals surface area contributed by atoms with Crippen molar-refractivity contribution < 1.29 is 33.2 Å². The van der Waals surface area contributed by atoms with Gasteiger partial charge in [0, 0.05) is 13.0 Å². The average Bonchev–Trinajstić information content (AvgIpc) is 2.58. The van der Waals surface area contributed by atoms with E-state index >= 15 is 0 Å². The van der Waals surface area contributed by atoms with Gasteiger partial charge in [0.25, 0.3) is 0 Å². The van der Waals surface area contributed by atoms with Gasteiger partial charge in [-0.1, -0.05) is 44.7 Å². The Kier molecular flexibility index (Phi) is 10.7. The van der Waals surface area contributed by atoms with E-state index in [1.54, 1.807) is 6.07 Å². The molecule has 8 nitrogen and oxygen atoms in total. The number of hydrogen-bond donors (Lipinski definition) is 3. The molecule has 1 aromatic rings. The van der Waals surface area contributed by atoms with E-state index in [2.05, 4.69) is 12.2 Å². The van der Waals surface area contributed by atoms with E-state index in [9.17, 15) is 19.0 Å². The lowest BCUT2D eigenvalue weighted by molar-refractivity contribution is -0.136. The maximum Gasteiger partial charge on any atom is 0.527 e. The molecule has 0 saturated carbocycles. The molecule has 9 heteroatoms. The first kappa shape index (κ1) is 23.1. The van der Waals surface area contributed by atoms with Gasteiger partial charge in [-0.2, -0.15) is 0 Å². The van der Waals surface area contributed by atoms with Gasteiger partial charge in [-0.05, 0) is 24.1 Å². The first-order valence-corrected chi connectivity index (χ1v) is 10.6. The van der Waals surface area contributed by atoms with Gasteiger partial charge in [-0.3, -0.25) is 19.0 Å². The lowest BCUT2D eigenvalue weighted by Crippen LogP contribution is -2.26. The zero-order chi connectivity index (χ0) is 20.1. The third-order valence-corrected chi connectivity index (χ3v) is 4.61. The molecule has 0 aliphatic rings. The molecule has 0 fully saturated rings. The third kappa shape index (κ3) is 11.4. The first-order chi connectivity index (χ1) is 12.8. The van der Waals surface area contributed by atoms with Crippen LogP contribution in [0.15, 0.2) is 24.3 Å². The lowest BCUT2D eigenvalue weighted by Gasteiger charge is -2.14. The molecule has 1 rings (SSSR count). The summed E-state index contributed by atoms with van der Waals surface area (Å²) in [4.78, 5) is 32.1. The van der Waals surface area contributed by atoms with Crippen LogP contribution in [-0.2, 0) is 25.1 Å². The van der Waals surface area contributed by atoms with E-state index in [0.29, 0.717) is 12.0 Å². The van der Waals surface area contributed by atoms with E-state index in [0.717, 1.165) is 25.7 Å². The molecule has 27 heavy (non-hydrogen) atoms. The van der Waals surface area contributed by atoms with Gasteiger partial charge in [-0.15, -0.1) is 0 Å². The molecule has 0 spiro atoms. The van der Waals surface area contributed by atoms with Gasteiger partial charge >= 0.3 is 13.8 Å². The summed E-state index contributed by atoms with van der Waals surface area (Å²) in [6.45, 7) is 2.05. The normalized spacial score (nSPS) is 13.0. The number of aliphatic carboxylic acids is 1. The topological polar surface area (TPSA) is 122 Å². The van der Waals surface area contributed by atoms with Crippen molar-refractivity contribution in [1.82, 2.24) is 5.32 Å². The highest BCUT2D eigenvalue weighted by atomic mass is 31.2.